The third-order valence-corrected chi connectivity index (χ3v) is 5.27. The van der Waals surface area contributed by atoms with Crippen LogP contribution < -0.4 is 10.9 Å². The van der Waals surface area contributed by atoms with Crippen molar-refractivity contribution in [2.45, 2.75) is 32.4 Å². The second-order valence-corrected chi connectivity index (χ2v) is 8.51. The fourth-order valence-electron chi connectivity index (χ4n) is 3.80. The first-order valence-electron chi connectivity index (χ1n) is 10.5. The number of pyridine rings is 1. The summed E-state index contributed by atoms with van der Waals surface area (Å²) in [6.07, 6.45) is 3.56. The van der Waals surface area contributed by atoms with Gasteiger partial charge in [-0.25, -0.2) is 0 Å². The Morgan fingerprint density at radius 1 is 1.12 bits per heavy atom. The van der Waals surface area contributed by atoms with Crippen LogP contribution in [-0.2, 0) is 27.2 Å². The Labute approximate surface area is 185 Å². The van der Waals surface area contributed by atoms with Crippen molar-refractivity contribution >= 4 is 22.4 Å². The molecule has 0 saturated heterocycles. The summed E-state index contributed by atoms with van der Waals surface area (Å²) in [4.78, 5) is 26.2. The fraction of sp³-hybridized carbons (Fsp3) is 0.280. The summed E-state index contributed by atoms with van der Waals surface area (Å²) in [5.41, 5.74) is 0.288. The lowest BCUT2D eigenvalue weighted by molar-refractivity contribution is -0.119. The van der Waals surface area contributed by atoms with E-state index in [1.165, 1.54) is 10.8 Å². The van der Waals surface area contributed by atoms with Gasteiger partial charge >= 0.3 is 0 Å². The summed E-state index contributed by atoms with van der Waals surface area (Å²) in [6.45, 7) is 3.55. The normalized spacial score (nSPS) is 14.4. The molecule has 0 fully saturated rings. The molecule has 2 N–H and O–H groups in total. The maximum atomic E-state index is 13.3. The van der Waals surface area contributed by atoms with Crippen LogP contribution in [0, 0.1) is 5.92 Å². The number of rotatable bonds is 7. The number of anilines is 1. The monoisotopic (exact) mass is 434 g/mol. The molecule has 1 atom stereocenters. The van der Waals surface area contributed by atoms with Gasteiger partial charge in [0.25, 0.3) is 5.56 Å². The molecule has 0 saturated carbocycles. The van der Waals surface area contributed by atoms with Crippen molar-refractivity contribution in [2.24, 2.45) is 5.92 Å². The lowest BCUT2D eigenvalue weighted by atomic mass is 9.96. The molecule has 1 aliphatic heterocycles. The summed E-state index contributed by atoms with van der Waals surface area (Å²) in [6, 6.07) is 16.7. The SMILES string of the molecule is CC(C)(O)Cn1ccc2c(NC(=O)C(Cc3ccccc3)C3=COCO3)cccc2c1=O. The lowest BCUT2D eigenvalue weighted by Crippen LogP contribution is -2.32. The van der Waals surface area contributed by atoms with E-state index in [9.17, 15) is 14.7 Å². The minimum Gasteiger partial charge on any atom is -0.462 e. The molecule has 3 aromatic rings. The van der Waals surface area contributed by atoms with E-state index in [2.05, 4.69) is 5.32 Å². The molecule has 0 aliphatic carbocycles. The zero-order valence-corrected chi connectivity index (χ0v) is 18.1. The van der Waals surface area contributed by atoms with Crippen LogP contribution in [0.4, 0.5) is 5.69 Å². The standard InChI is InChI=1S/C25H26N2O5/c1-25(2,30)15-27-12-11-18-19(24(27)29)9-6-10-21(18)26-23(28)20(22-14-31-16-32-22)13-17-7-4-3-5-8-17/h3-12,14,20,30H,13,15-16H2,1-2H3,(H,26,28). The first kappa shape index (κ1) is 21.6. The Kier molecular flexibility index (Phi) is 6.01. The van der Waals surface area contributed by atoms with Crippen LogP contribution in [0.3, 0.4) is 0 Å². The maximum absolute atomic E-state index is 13.3. The molecule has 0 spiro atoms. The quantitative estimate of drug-likeness (QED) is 0.595. The number of carbonyl (C=O) groups excluding carboxylic acids is 1. The molecule has 7 nitrogen and oxygen atoms in total. The minimum absolute atomic E-state index is 0.0862. The Hall–Kier alpha value is -3.58. The minimum atomic E-state index is -1.02. The van der Waals surface area contributed by atoms with Crippen molar-refractivity contribution in [1.29, 1.82) is 0 Å². The largest absolute Gasteiger partial charge is 0.462 e. The van der Waals surface area contributed by atoms with E-state index in [4.69, 9.17) is 9.47 Å². The van der Waals surface area contributed by atoms with Crippen molar-refractivity contribution in [3.8, 4) is 0 Å². The summed E-state index contributed by atoms with van der Waals surface area (Å²) in [5.74, 6) is -0.358. The molecule has 0 bridgehead atoms. The average Bonchev–Trinajstić information content (AvgIpc) is 3.29. The van der Waals surface area contributed by atoms with E-state index in [1.54, 1.807) is 44.3 Å². The topological polar surface area (TPSA) is 89.8 Å². The first-order valence-corrected chi connectivity index (χ1v) is 10.5. The predicted molar refractivity (Wildman–Crippen MR) is 122 cm³/mol. The number of ether oxygens (including phenoxy) is 2. The molecular weight excluding hydrogens is 408 g/mol. The van der Waals surface area contributed by atoms with E-state index in [0.717, 1.165) is 5.56 Å². The smallest absolute Gasteiger partial charge is 0.258 e. The Morgan fingerprint density at radius 2 is 1.91 bits per heavy atom. The third kappa shape index (κ3) is 4.84. The lowest BCUT2D eigenvalue weighted by Gasteiger charge is -2.20. The number of amides is 1. The molecule has 166 valence electrons. The molecule has 1 unspecified atom stereocenters. The molecule has 1 aromatic heterocycles. The highest BCUT2D eigenvalue weighted by molar-refractivity contribution is 6.03. The summed E-state index contributed by atoms with van der Waals surface area (Å²) in [7, 11) is 0. The molecule has 2 aromatic carbocycles. The molecule has 1 amide bonds. The molecule has 0 radical (unpaired) electrons. The van der Waals surface area contributed by atoms with Gasteiger partial charge in [0, 0.05) is 22.7 Å². The predicted octanol–water partition coefficient (Wildman–Crippen LogP) is 3.42. The molecule has 1 aliphatic rings. The summed E-state index contributed by atoms with van der Waals surface area (Å²) < 4.78 is 12.2. The van der Waals surface area contributed by atoms with Gasteiger partial charge < -0.3 is 24.5 Å². The maximum Gasteiger partial charge on any atom is 0.258 e. The molecule has 32 heavy (non-hydrogen) atoms. The van der Waals surface area contributed by atoms with Crippen molar-refractivity contribution < 1.29 is 19.4 Å². The number of nitrogens with one attached hydrogen (secondary N) is 1. The Balaban J connectivity index is 1.64. The van der Waals surface area contributed by atoms with Gasteiger partial charge in [-0.05, 0) is 44.0 Å². The molecule has 7 heteroatoms. The van der Waals surface area contributed by atoms with Gasteiger partial charge in [0.1, 0.15) is 17.9 Å². The van der Waals surface area contributed by atoms with E-state index >= 15 is 0 Å². The number of hydrogen-bond acceptors (Lipinski definition) is 5. The molecular formula is C25H26N2O5. The van der Waals surface area contributed by atoms with Crippen LogP contribution in [-0.4, -0.2) is 28.0 Å². The van der Waals surface area contributed by atoms with Gasteiger partial charge in [-0.1, -0.05) is 36.4 Å². The average molecular weight is 434 g/mol. The number of hydrogen-bond donors (Lipinski definition) is 2. The first-order chi connectivity index (χ1) is 15.3. The number of carbonyl (C=O) groups is 1. The highest BCUT2D eigenvalue weighted by Gasteiger charge is 2.28. The van der Waals surface area contributed by atoms with E-state index < -0.39 is 11.5 Å². The van der Waals surface area contributed by atoms with Crippen LogP contribution in [0.15, 0.2) is 77.6 Å². The third-order valence-electron chi connectivity index (χ3n) is 5.27. The zero-order valence-electron chi connectivity index (χ0n) is 18.1. The van der Waals surface area contributed by atoms with E-state index in [-0.39, 0.29) is 24.8 Å². The number of nitrogens with zero attached hydrogens (tertiary/aromatic N) is 1. The Bertz CT molecular complexity index is 1210. The molecule has 2 heterocycles. The number of aromatic nitrogens is 1. The van der Waals surface area contributed by atoms with Gasteiger partial charge in [-0.2, -0.15) is 0 Å². The van der Waals surface area contributed by atoms with Crippen LogP contribution in [0.5, 0.6) is 0 Å². The molecule has 4 rings (SSSR count). The highest BCUT2D eigenvalue weighted by atomic mass is 16.7. The van der Waals surface area contributed by atoms with Crippen LogP contribution in [0.2, 0.25) is 0 Å². The van der Waals surface area contributed by atoms with Gasteiger partial charge in [-0.3, -0.25) is 9.59 Å². The van der Waals surface area contributed by atoms with Gasteiger partial charge in [0.2, 0.25) is 12.7 Å². The van der Waals surface area contributed by atoms with Crippen LogP contribution >= 0.6 is 0 Å². The van der Waals surface area contributed by atoms with Crippen molar-refractivity contribution in [3.05, 3.63) is 88.7 Å². The van der Waals surface area contributed by atoms with Crippen LogP contribution in [0.1, 0.15) is 19.4 Å². The number of benzene rings is 2. The Morgan fingerprint density at radius 3 is 2.59 bits per heavy atom. The summed E-state index contributed by atoms with van der Waals surface area (Å²) >= 11 is 0. The van der Waals surface area contributed by atoms with Crippen molar-refractivity contribution in [2.75, 3.05) is 12.1 Å². The second-order valence-electron chi connectivity index (χ2n) is 8.51. The summed E-state index contributed by atoms with van der Waals surface area (Å²) in [5, 5.41) is 14.1. The highest BCUT2D eigenvalue weighted by Crippen LogP contribution is 2.26. The van der Waals surface area contributed by atoms with Crippen LogP contribution in [0.25, 0.3) is 10.8 Å². The van der Waals surface area contributed by atoms with Crippen molar-refractivity contribution in [1.82, 2.24) is 4.57 Å². The second kappa shape index (κ2) is 8.88. The number of fused-ring (bicyclic) bond motifs is 1. The van der Waals surface area contributed by atoms with E-state index in [0.29, 0.717) is 28.6 Å². The number of aliphatic hydroxyl groups is 1. The van der Waals surface area contributed by atoms with Crippen molar-refractivity contribution in [3.63, 3.8) is 0 Å². The zero-order chi connectivity index (χ0) is 22.7. The fourth-order valence-corrected chi connectivity index (χ4v) is 3.80. The van der Waals surface area contributed by atoms with Gasteiger partial charge in [0.05, 0.1) is 12.1 Å². The van der Waals surface area contributed by atoms with E-state index in [1.807, 2.05) is 30.3 Å². The van der Waals surface area contributed by atoms with Gasteiger partial charge in [0.15, 0.2) is 0 Å². The van der Waals surface area contributed by atoms with Gasteiger partial charge in [-0.15, -0.1) is 0 Å².